The minimum Gasteiger partial charge on any atom is -0.207 e. The summed E-state index contributed by atoms with van der Waals surface area (Å²) in [6.07, 6.45) is 1.76. The van der Waals surface area contributed by atoms with Gasteiger partial charge in [-0.3, -0.25) is 0 Å². The van der Waals surface area contributed by atoms with E-state index in [9.17, 15) is 8.78 Å². The number of hydrogen-bond donors (Lipinski definition) is 0. The summed E-state index contributed by atoms with van der Waals surface area (Å²) in [6.45, 7) is 3.57. The lowest BCUT2D eigenvalue weighted by Crippen LogP contribution is -2.34. The van der Waals surface area contributed by atoms with Crippen molar-refractivity contribution in [3.8, 4) is 0 Å². The molecule has 1 rings (SSSR count). The smallest absolute Gasteiger partial charge is 0.207 e. The fourth-order valence-electron chi connectivity index (χ4n) is 1.55. The Kier molecular flexibility index (Phi) is 1.97. The van der Waals surface area contributed by atoms with Gasteiger partial charge < -0.3 is 0 Å². The third kappa shape index (κ3) is 1.30. The first kappa shape index (κ1) is 7.96. The fourth-order valence-corrected chi connectivity index (χ4v) is 1.55. The highest BCUT2D eigenvalue weighted by Crippen LogP contribution is 2.41. The largest absolute Gasteiger partial charge is 0.250 e. The molecule has 0 N–H and O–H groups in total. The summed E-state index contributed by atoms with van der Waals surface area (Å²) in [4.78, 5) is 0. The molecule has 0 nitrogen and oxygen atoms in total. The van der Waals surface area contributed by atoms with Crippen molar-refractivity contribution in [3.05, 3.63) is 0 Å². The van der Waals surface area contributed by atoms with E-state index >= 15 is 0 Å². The number of halogens is 2. The Bertz CT molecular complexity index is 120. The van der Waals surface area contributed by atoms with Crippen molar-refractivity contribution in [2.24, 2.45) is 11.8 Å². The van der Waals surface area contributed by atoms with Crippen molar-refractivity contribution in [2.45, 2.75) is 39.0 Å². The van der Waals surface area contributed by atoms with Crippen molar-refractivity contribution in [2.75, 3.05) is 0 Å². The molecule has 0 amide bonds. The van der Waals surface area contributed by atoms with Gasteiger partial charge in [0.2, 0.25) is 0 Å². The number of alkyl halides is 2. The van der Waals surface area contributed by atoms with Crippen LogP contribution in [-0.2, 0) is 0 Å². The Balaban J connectivity index is 2.60. The van der Waals surface area contributed by atoms with Crippen LogP contribution < -0.4 is 0 Å². The van der Waals surface area contributed by atoms with Crippen LogP contribution in [0.3, 0.4) is 0 Å². The lowest BCUT2D eigenvalue weighted by atomic mass is 9.79. The minimum atomic E-state index is -2.39. The van der Waals surface area contributed by atoms with Crippen LogP contribution in [0.25, 0.3) is 0 Å². The Morgan fingerprint density at radius 3 is 2.30 bits per heavy atom. The zero-order chi connectivity index (χ0) is 7.78. The molecule has 0 bridgehead atoms. The highest BCUT2D eigenvalue weighted by molar-refractivity contribution is 4.82. The highest BCUT2D eigenvalue weighted by atomic mass is 19.3. The van der Waals surface area contributed by atoms with E-state index in [4.69, 9.17) is 0 Å². The molecule has 60 valence electrons. The van der Waals surface area contributed by atoms with Gasteiger partial charge in [0, 0.05) is 12.3 Å². The van der Waals surface area contributed by atoms with Gasteiger partial charge in [-0.05, 0) is 12.3 Å². The molecule has 0 aliphatic heterocycles. The normalized spacial score (nSPS) is 39.6. The average Bonchev–Trinajstić information content (AvgIpc) is 1.83. The summed E-state index contributed by atoms with van der Waals surface area (Å²) in [6, 6.07) is 0. The molecule has 0 spiro atoms. The van der Waals surface area contributed by atoms with Gasteiger partial charge in [-0.2, -0.15) is 0 Å². The molecule has 1 aliphatic carbocycles. The van der Waals surface area contributed by atoms with Gasteiger partial charge in [0.1, 0.15) is 0 Å². The van der Waals surface area contributed by atoms with Crippen LogP contribution >= 0.6 is 0 Å². The maximum atomic E-state index is 12.8. The standard InChI is InChI=1S/C8H14F2/c1-6-4-3-5-8(9,10)7(6)2/h6-7H,3-5H2,1-2H3/t6-,7+/m0/s1. The van der Waals surface area contributed by atoms with E-state index in [1.165, 1.54) is 0 Å². The zero-order valence-electron chi connectivity index (χ0n) is 6.53. The van der Waals surface area contributed by atoms with E-state index in [0.717, 1.165) is 6.42 Å². The third-order valence-corrected chi connectivity index (χ3v) is 2.69. The Morgan fingerprint density at radius 1 is 1.30 bits per heavy atom. The molecule has 0 aromatic rings. The highest BCUT2D eigenvalue weighted by Gasteiger charge is 2.41. The summed E-state index contributed by atoms with van der Waals surface area (Å²) in [7, 11) is 0. The zero-order valence-corrected chi connectivity index (χ0v) is 6.53. The van der Waals surface area contributed by atoms with Crippen LogP contribution in [0.1, 0.15) is 33.1 Å². The summed E-state index contributed by atoms with van der Waals surface area (Å²) in [5.74, 6) is -2.61. The predicted octanol–water partition coefficient (Wildman–Crippen LogP) is 3.08. The van der Waals surface area contributed by atoms with E-state index in [2.05, 4.69) is 0 Å². The van der Waals surface area contributed by atoms with Gasteiger partial charge in [0.15, 0.2) is 0 Å². The quantitative estimate of drug-likeness (QED) is 0.495. The predicted molar refractivity (Wildman–Crippen MR) is 37.1 cm³/mol. The lowest BCUT2D eigenvalue weighted by molar-refractivity contribution is -0.0982. The van der Waals surface area contributed by atoms with Gasteiger partial charge in [0.05, 0.1) is 0 Å². The maximum Gasteiger partial charge on any atom is 0.250 e. The molecule has 1 fully saturated rings. The minimum absolute atomic E-state index is 0.0957. The van der Waals surface area contributed by atoms with Crippen LogP contribution in [-0.4, -0.2) is 5.92 Å². The molecule has 2 heteroatoms. The summed E-state index contributed by atoms with van der Waals surface area (Å²) in [5, 5.41) is 0. The molecule has 0 aromatic carbocycles. The SMILES string of the molecule is C[C@@H]1[C@@H](C)CCCC1(F)F. The molecule has 1 saturated carbocycles. The average molecular weight is 148 g/mol. The van der Waals surface area contributed by atoms with Crippen molar-refractivity contribution in [1.82, 2.24) is 0 Å². The van der Waals surface area contributed by atoms with Crippen molar-refractivity contribution in [1.29, 1.82) is 0 Å². The molecule has 0 radical (unpaired) electrons. The monoisotopic (exact) mass is 148 g/mol. The van der Waals surface area contributed by atoms with Crippen molar-refractivity contribution >= 4 is 0 Å². The molecular weight excluding hydrogens is 134 g/mol. The van der Waals surface area contributed by atoms with E-state index in [1.807, 2.05) is 6.92 Å². The van der Waals surface area contributed by atoms with Crippen molar-refractivity contribution in [3.63, 3.8) is 0 Å². The molecule has 1 aliphatic rings. The van der Waals surface area contributed by atoms with Crippen molar-refractivity contribution < 1.29 is 8.78 Å². The van der Waals surface area contributed by atoms with Gasteiger partial charge in [0.25, 0.3) is 5.92 Å². The molecule has 0 aromatic heterocycles. The van der Waals surface area contributed by atoms with Gasteiger partial charge >= 0.3 is 0 Å². The summed E-state index contributed by atoms with van der Waals surface area (Å²) in [5.41, 5.74) is 0. The first-order valence-corrected chi connectivity index (χ1v) is 3.92. The van der Waals surface area contributed by atoms with E-state index in [1.54, 1.807) is 6.92 Å². The van der Waals surface area contributed by atoms with Crippen LogP contribution in [0.2, 0.25) is 0 Å². The summed E-state index contributed by atoms with van der Waals surface area (Å²) >= 11 is 0. The molecule has 0 unspecified atom stereocenters. The maximum absolute atomic E-state index is 12.8. The van der Waals surface area contributed by atoms with E-state index < -0.39 is 11.8 Å². The summed E-state index contributed by atoms with van der Waals surface area (Å²) < 4.78 is 25.7. The molecule has 0 saturated heterocycles. The number of rotatable bonds is 0. The van der Waals surface area contributed by atoms with E-state index in [-0.39, 0.29) is 12.3 Å². The Morgan fingerprint density at radius 2 is 1.90 bits per heavy atom. The first-order valence-electron chi connectivity index (χ1n) is 3.92. The van der Waals surface area contributed by atoms with Crippen LogP contribution in [0.4, 0.5) is 8.78 Å². The van der Waals surface area contributed by atoms with Gasteiger partial charge in [-0.1, -0.05) is 20.3 Å². The lowest BCUT2D eigenvalue weighted by Gasteiger charge is -2.33. The third-order valence-electron chi connectivity index (χ3n) is 2.69. The van der Waals surface area contributed by atoms with Gasteiger partial charge in [-0.25, -0.2) is 8.78 Å². The second-order valence-corrected chi connectivity index (χ2v) is 3.42. The number of hydrogen-bond acceptors (Lipinski definition) is 0. The molecule has 2 atom stereocenters. The van der Waals surface area contributed by atoms with Crippen LogP contribution in [0.15, 0.2) is 0 Å². The van der Waals surface area contributed by atoms with Gasteiger partial charge in [-0.15, -0.1) is 0 Å². The fraction of sp³-hybridized carbons (Fsp3) is 1.00. The second-order valence-electron chi connectivity index (χ2n) is 3.42. The topological polar surface area (TPSA) is 0 Å². The van der Waals surface area contributed by atoms with Crippen LogP contribution in [0, 0.1) is 11.8 Å². The molecule has 10 heavy (non-hydrogen) atoms. The molecular formula is C8H14F2. The molecule has 0 heterocycles. The van der Waals surface area contributed by atoms with E-state index in [0.29, 0.717) is 6.42 Å². The Hall–Kier alpha value is -0.140. The Labute approximate surface area is 60.6 Å². The van der Waals surface area contributed by atoms with Crippen LogP contribution in [0.5, 0.6) is 0 Å². The first-order chi connectivity index (χ1) is 4.54. The second kappa shape index (κ2) is 2.48.